The van der Waals surface area contributed by atoms with Crippen LogP contribution >= 0.6 is 0 Å². The van der Waals surface area contributed by atoms with Crippen LogP contribution in [0.3, 0.4) is 0 Å². The molecule has 1 aromatic heterocycles. The van der Waals surface area contributed by atoms with E-state index in [0.717, 1.165) is 22.8 Å². The minimum absolute atomic E-state index is 0.224. The van der Waals surface area contributed by atoms with Gasteiger partial charge >= 0.3 is 5.97 Å². The molecule has 1 fully saturated rings. The van der Waals surface area contributed by atoms with E-state index >= 15 is 0 Å². The van der Waals surface area contributed by atoms with E-state index in [0.29, 0.717) is 37.7 Å². The van der Waals surface area contributed by atoms with Gasteiger partial charge in [-0.1, -0.05) is 48.5 Å². The summed E-state index contributed by atoms with van der Waals surface area (Å²) in [5.41, 5.74) is 2.42. The molecule has 0 N–H and O–H groups in total. The van der Waals surface area contributed by atoms with Gasteiger partial charge in [0, 0.05) is 50.4 Å². The SMILES string of the molecule is CC(=O)O[C@@H](C(=O)N1CCN(c2nccc(-c3ccc(Oc4ccccc4)cc3)n2)CC1)c1ccccc1. The van der Waals surface area contributed by atoms with E-state index in [2.05, 4.69) is 9.88 Å². The Balaban J connectivity index is 1.23. The Labute approximate surface area is 221 Å². The molecule has 192 valence electrons. The highest BCUT2D eigenvalue weighted by Gasteiger charge is 2.31. The van der Waals surface area contributed by atoms with Crippen molar-refractivity contribution in [3.05, 3.63) is 103 Å². The first kappa shape index (κ1) is 25.0. The number of anilines is 1. The van der Waals surface area contributed by atoms with Crippen LogP contribution in [0, 0.1) is 0 Å². The maximum Gasteiger partial charge on any atom is 0.303 e. The predicted octanol–water partition coefficient (Wildman–Crippen LogP) is 4.89. The third-order valence-corrected chi connectivity index (χ3v) is 6.26. The van der Waals surface area contributed by atoms with Crippen LogP contribution in [-0.2, 0) is 14.3 Å². The monoisotopic (exact) mass is 508 g/mol. The summed E-state index contributed by atoms with van der Waals surface area (Å²) in [6, 6.07) is 28.4. The van der Waals surface area contributed by atoms with Crippen LogP contribution in [0.5, 0.6) is 11.5 Å². The zero-order chi connectivity index (χ0) is 26.3. The minimum atomic E-state index is -0.950. The summed E-state index contributed by atoms with van der Waals surface area (Å²) in [6.07, 6.45) is 0.795. The molecule has 1 saturated heterocycles. The number of amides is 1. The number of esters is 1. The molecule has 8 heteroatoms. The van der Waals surface area contributed by atoms with Crippen LogP contribution < -0.4 is 9.64 Å². The van der Waals surface area contributed by atoms with Gasteiger partial charge in [-0.25, -0.2) is 9.97 Å². The van der Waals surface area contributed by atoms with Crippen molar-refractivity contribution in [3.8, 4) is 22.8 Å². The van der Waals surface area contributed by atoms with Crippen molar-refractivity contribution in [2.75, 3.05) is 31.1 Å². The number of benzene rings is 3. The first-order chi connectivity index (χ1) is 18.6. The normalized spacial score (nSPS) is 14.0. The Morgan fingerprint density at radius 2 is 1.42 bits per heavy atom. The number of para-hydroxylation sites is 1. The summed E-state index contributed by atoms with van der Waals surface area (Å²) in [4.78, 5) is 38.0. The van der Waals surface area contributed by atoms with Crippen molar-refractivity contribution in [1.82, 2.24) is 14.9 Å². The van der Waals surface area contributed by atoms with E-state index in [-0.39, 0.29) is 5.91 Å². The highest BCUT2D eigenvalue weighted by Crippen LogP contribution is 2.26. The smallest absolute Gasteiger partial charge is 0.303 e. The fourth-order valence-corrected chi connectivity index (χ4v) is 4.33. The predicted molar refractivity (Wildman–Crippen MR) is 144 cm³/mol. The Bertz CT molecular complexity index is 1370. The van der Waals surface area contributed by atoms with Gasteiger partial charge in [0.15, 0.2) is 0 Å². The van der Waals surface area contributed by atoms with E-state index in [1.165, 1.54) is 6.92 Å². The van der Waals surface area contributed by atoms with Crippen molar-refractivity contribution >= 4 is 17.8 Å². The van der Waals surface area contributed by atoms with Crippen LogP contribution in [0.2, 0.25) is 0 Å². The van der Waals surface area contributed by atoms with Gasteiger partial charge < -0.3 is 19.3 Å². The lowest BCUT2D eigenvalue weighted by molar-refractivity contribution is -0.159. The number of carbonyl (C=O) groups is 2. The number of ether oxygens (including phenoxy) is 2. The van der Waals surface area contributed by atoms with Gasteiger partial charge in [0.1, 0.15) is 11.5 Å². The maximum absolute atomic E-state index is 13.2. The summed E-state index contributed by atoms with van der Waals surface area (Å²) in [7, 11) is 0. The highest BCUT2D eigenvalue weighted by atomic mass is 16.5. The summed E-state index contributed by atoms with van der Waals surface area (Å²) in [5.74, 6) is 1.43. The Hall–Kier alpha value is -4.72. The summed E-state index contributed by atoms with van der Waals surface area (Å²) in [6.45, 7) is 3.40. The first-order valence-electron chi connectivity index (χ1n) is 12.5. The summed E-state index contributed by atoms with van der Waals surface area (Å²) >= 11 is 0. The third-order valence-electron chi connectivity index (χ3n) is 6.26. The fourth-order valence-electron chi connectivity index (χ4n) is 4.33. The molecular weight excluding hydrogens is 480 g/mol. The molecule has 0 saturated carbocycles. The average molecular weight is 509 g/mol. The lowest BCUT2D eigenvalue weighted by Gasteiger charge is -2.36. The second-order valence-electron chi connectivity index (χ2n) is 8.89. The molecule has 5 rings (SSSR count). The van der Waals surface area contributed by atoms with Crippen LogP contribution in [0.1, 0.15) is 18.6 Å². The number of piperazine rings is 1. The number of aromatic nitrogens is 2. The summed E-state index contributed by atoms with van der Waals surface area (Å²) in [5, 5.41) is 0. The molecule has 0 radical (unpaired) electrons. The maximum atomic E-state index is 13.2. The molecule has 1 aliphatic rings. The van der Waals surface area contributed by atoms with Crippen LogP contribution in [0.25, 0.3) is 11.3 Å². The number of carbonyl (C=O) groups excluding carboxylic acids is 2. The van der Waals surface area contributed by atoms with E-state index in [1.54, 1.807) is 23.2 Å². The second kappa shape index (κ2) is 11.6. The molecule has 8 nitrogen and oxygen atoms in total. The molecule has 2 heterocycles. The van der Waals surface area contributed by atoms with Gasteiger partial charge in [0.25, 0.3) is 5.91 Å². The molecule has 1 atom stereocenters. The highest BCUT2D eigenvalue weighted by molar-refractivity contribution is 5.85. The Morgan fingerprint density at radius 1 is 0.789 bits per heavy atom. The molecule has 0 spiro atoms. The standard InChI is InChI=1S/C30H28N4O4/c1-22(35)37-28(24-8-4-2-5-9-24)29(36)33-18-20-34(21-19-33)30-31-17-16-27(32-30)23-12-14-26(15-13-23)38-25-10-6-3-7-11-25/h2-17,28H,18-21H2,1H3/t28-/m1/s1. The van der Waals surface area contributed by atoms with Crippen molar-refractivity contribution < 1.29 is 19.1 Å². The summed E-state index contributed by atoms with van der Waals surface area (Å²) < 4.78 is 11.3. The molecular formula is C30H28N4O4. The van der Waals surface area contributed by atoms with Crippen LogP contribution in [0.4, 0.5) is 5.95 Å². The lowest BCUT2D eigenvalue weighted by atomic mass is 10.1. The van der Waals surface area contributed by atoms with Gasteiger partial charge in [-0.05, 0) is 42.5 Å². The molecule has 4 aromatic rings. The molecule has 0 unspecified atom stereocenters. The van der Waals surface area contributed by atoms with Gasteiger partial charge in [0.05, 0.1) is 5.69 Å². The zero-order valence-corrected chi connectivity index (χ0v) is 21.1. The van der Waals surface area contributed by atoms with Gasteiger partial charge in [-0.2, -0.15) is 0 Å². The minimum Gasteiger partial charge on any atom is -0.457 e. The van der Waals surface area contributed by atoms with E-state index in [1.807, 2.05) is 78.9 Å². The van der Waals surface area contributed by atoms with Gasteiger partial charge in [-0.15, -0.1) is 0 Å². The first-order valence-corrected chi connectivity index (χ1v) is 12.5. The fraction of sp³-hybridized carbons (Fsp3) is 0.200. The number of hydrogen-bond acceptors (Lipinski definition) is 7. The number of nitrogens with zero attached hydrogens (tertiary/aromatic N) is 4. The third kappa shape index (κ3) is 5.98. The molecule has 1 aliphatic heterocycles. The average Bonchev–Trinajstić information content (AvgIpc) is 2.97. The number of hydrogen-bond donors (Lipinski definition) is 0. The van der Waals surface area contributed by atoms with Crippen LogP contribution in [-0.4, -0.2) is 52.9 Å². The Kier molecular flexibility index (Phi) is 7.59. The van der Waals surface area contributed by atoms with Crippen molar-refractivity contribution in [1.29, 1.82) is 0 Å². The topological polar surface area (TPSA) is 84.9 Å². The van der Waals surface area contributed by atoms with Crippen molar-refractivity contribution in [2.45, 2.75) is 13.0 Å². The molecule has 0 bridgehead atoms. The van der Waals surface area contributed by atoms with Gasteiger partial charge in [-0.3, -0.25) is 9.59 Å². The Morgan fingerprint density at radius 3 is 2.08 bits per heavy atom. The van der Waals surface area contributed by atoms with Crippen LogP contribution in [0.15, 0.2) is 97.2 Å². The van der Waals surface area contributed by atoms with E-state index < -0.39 is 12.1 Å². The van der Waals surface area contributed by atoms with Gasteiger partial charge in [0.2, 0.25) is 12.1 Å². The molecule has 0 aliphatic carbocycles. The molecule has 1 amide bonds. The van der Waals surface area contributed by atoms with E-state index in [4.69, 9.17) is 14.5 Å². The quantitative estimate of drug-likeness (QED) is 0.329. The van der Waals surface area contributed by atoms with E-state index in [9.17, 15) is 9.59 Å². The second-order valence-corrected chi connectivity index (χ2v) is 8.89. The van der Waals surface area contributed by atoms with Crippen molar-refractivity contribution in [2.24, 2.45) is 0 Å². The lowest BCUT2D eigenvalue weighted by Crippen LogP contribution is -2.50. The van der Waals surface area contributed by atoms with Crippen molar-refractivity contribution in [3.63, 3.8) is 0 Å². The largest absolute Gasteiger partial charge is 0.457 e. The molecule has 38 heavy (non-hydrogen) atoms. The number of rotatable bonds is 7. The molecule has 3 aromatic carbocycles. The zero-order valence-electron chi connectivity index (χ0n) is 21.1.